The van der Waals surface area contributed by atoms with Crippen molar-refractivity contribution < 1.29 is 23.1 Å². The van der Waals surface area contributed by atoms with Gasteiger partial charge in [-0.05, 0) is 47.7 Å². The van der Waals surface area contributed by atoms with E-state index in [-0.39, 0.29) is 37.1 Å². The minimum absolute atomic E-state index is 0.0186. The van der Waals surface area contributed by atoms with Gasteiger partial charge in [-0.3, -0.25) is 14.5 Å². The minimum Gasteiger partial charge on any atom is -0.467 e. The fourth-order valence-electron chi connectivity index (χ4n) is 4.17. The zero-order chi connectivity index (χ0) is 25.2. The van der Waals surface area contributed by atoms with Crippen molar-refractivity contribution in [1.29, 1.82) is 0 Å². The monoisotopic (exact) mass is 513 g/mol. The third kappa shape index (κ3) is 8.01. The molecular formula is C27H32FN3O4S. The zero-order valence-corrected chi connectivity index (χ0v) is 21.1. The van der Waals surface area contributed by atoms with Gasteiger partial charge in [0.15, 0.2) is 0 Å². The number of amides is 2. The average Bonchev–Trinajstić information content (AvgIpc) is 3.59. The van der Waals surface area contributed by atoms with Gasteiger partial charge in [0, 0.05) is 37.6 Å². The number of furan rings is 1. The number of hydrogen-bond acceptors (Lipinski definition) is 6. The fraction of sp³-hybridized carbons (Fsp3) is 0.407. The van der Waals surface area contributed by atoms with Crippen LogP contribution in [0.3, 0.4) is 0 Å². The van der Waals surface area contributed by atoms with Crippen LogP contribution in [0.4, 0.5) is 4.39 Å². The standard InChI is InChI=1S/C27H32FN3O4S/c28-23-8-6-22(7-9-23)19-31(20-24-4-1-14-35-24)27(33)21-30(26(32)18-25-5-2-17-36-25)11-3-10-29-12-15-34-16-13-29/h1-2,4-9,14,17H,3,10-13,15-16,18-21H2. The topological polar surface area (TPSA) is 66.2 Å². The SMILES string of the molecule is O=C(Cc1cccs1)N(CCCN1CCOCC1)CC(=O)N(Cc1ccc(F)cc1)Cc1ccco1. The number of carbonyl (C=O) groups is 2. The maximum absolute atomic E-state index is 13.5. The molecule has 0 bridgehead atoms. The van der Waals surface area contributed by atoms with Crippen LogP contribution in [0.5, 0.6) is 0 Å². The first kappa shape index (κ1) is 26.1. The fourth-order valence-corrected chi connectivity index (χ4v) is 4.87. The number of nitrogens with zero attached hydrogens (tertiary/aromatic N) is 3. The normalized spacial score (nSPS) is 14.0. The Balaban J connectivity index is 1.44. The lowest BCUT2D eigenvalue weighted by atomic mass is 10.2. The Hall–Kier alpha value is -3.01. The Labute approximate surface area is 215 Å². The Kier molecular flexibility index (Phi) is 9.66. The van der Waals surface area contributed by atoms with Crippen molar-refractivity contribution in [2.45, 2.75) is 25.9 Å². The summed E-state index contributed by atoms with van der Waals surface area (Å²) in [6.07, 6.45) is 2.62. The molecule has 36 heavy (non-hydrogen) atoms. The molecule has 3 aromatic rings. The predicted molar refractivity (Wildman–Crippen MR) is 136 cm³/mol. The van der Waals surface area contributed by atoms with Crippen LogP contribution in [0, 0.1) is 5.82 Å². The van der Waals surface area contributed by atoms with E-state index >= 15 is 0 Å². The molecule has 1 aliphatic heterocycles. The molecule has 192 valence electrons. The molecule has 0 spiro atoms. The van der Waals surface area contributed by atoms with E-state index in [1.807, 2.05) is 23.6 Å². The van der Waals surface area contributed by atoms with Crippen molar-refractivity contribution in [3.63, 3.8) is 0 Å². The van der Waals surface area contributed by atoms with Crippen LogP contribution in [-0.4, -0.2) is 72.5 Å². The molecule has 9 heteroatoms. The van der Waals surface area contributed by atoms with Gasteiger partial charge in [-0.15, -0.1) is 11.3 Å². The van der Waals surface area contributed by atoms with Crippen LogP contribution in [0.2, 0.25) is 0 Å². The number of rotatable bonds is 12. The van der Waals surface area contributed by atoms with Gasteiger partial charge in [-0.2, -0.15) is 0 Å². The van der Waals surface area contributed by atoms with Crippen LogP contribution in [-0.2, 0) is 33.8 Å². The van der Waals surface area contributed by atoms with E-state index in [0.717, 1.165) is 49.7 Å². The summed E-state index contributed by atoms with van der Waals surface area (Å²) in [6, 6.07) is 13.6. The second-order valence-corrected chi connectivity index (χ2v) is 9.87. The molecule has 1 aromatic carbocycles. The minimum atomic E-state index is -0.326. The number of morpholine rings is 1. The van der Waals surface area contributed by atoms with Crippen molar-refractivity contribution in [1.82, 2.24) is 14.7 Å². The highest BCUT2D eigenvalue weighted by Gasteiger charge is 2.23. The van der Waals surface area contributed by atoms with Gasteiger partial charge >= 0.3 is 0 Å². The molecule has 4 rings (SSSR count). The van der Waals surface area contributed by atoms with E-state index in [0.29, 0.717) is 18.8 Å². The number of carbonyl (C=O) groups excluding carboxylic acids is 2. The summed E-state index contributed by atoms with van der Waals surface area (Å²) < 4.78 is 24.3. The quantitative estimate of drug-likeness (QED) is 0.369. The number of thiophene rings is 1. The molecule has 2 amide bonds. The van der Waals surface area contributed by atoms with Gasteiger partial charge in [0.25, 0.3) is 0 Å². The molecule has 7 nitrogen and oxygen atoms in total. The summed E-state index contributed by atoms with van der Waals surface area (Å²) in [5.74, 6) is 0.0802. The summed E-state index contributed by atoms with van der Waals surface area (Å²) in [4.78, 5) is 33.4. The van der Waals surface area contributed by atoms with Gasteiger partial charge in [0.2, 0.25) is 11.8 Å². The Bertz CT molecular complexity index is 1070. The molecule has 1 aliphatic rings. The Morgan fingerprint density at radius 2 is 1.78 bits per heavy atom. The van der Waals surface area contributed by atoms with Crippen LogP contribution in [0.25, 0.3) is 0 Å². The van der Waals surface area contributed by atoms with E-state index < -0.39 is 0 Å². The van der Waals surface area contributed by atoms with Gasteiger partial charge in [-0.25, -0.2) is 4.39 Å². The van der Waals surface area contributed by atoms with E-state index in [1.165, 1.54) is 23.5 Å². The number of ether oxygens (including phenoxy) is 1. The third-order valence-corrected chi connectivity index (χ3v) is 7.03. The summed E-state index contributed by atoms with van der Waals surface area (Å²) in [7, 11) is 0. The van der Waals surface area contributed by atoms with E-state index in [1.54, 1.807) is 34.3 Å². The van der Waals surface area contributed by atoms with E-state index in [4.69, 9.17) is 9.15 Å². The van der Waals surface area contributed by atoms with E-state index in [9.17, 15) is 14.0 Å². The van der Waals surface area contributed by atoms with Crippen LogP contribution >= 0.6 is 11.3 Å². The van der Waals surface area contributed by atoms with Crippen molar-refractivity contribution in [3.8, 4) is 0 Å². The lowest BCUT2D eigenvalue weighted by molar-refractivity contribution is -0.141. The predicted octanol–water partition coefficient (Wildman–Crippen LogP) is 3.80. The molecule has 0 N–H and O–H groups in total. The largest absolute Gasteiger partial charge is 0.467 e. The molecular weight excluding hydrogens is 481 g/mol. The summed E-state index contributed by atoms with van der Waals surface area (Å²) in [5.41, 5.74) is 0.806. The van der Waals surface area contributed by atoms with Crippen molar-refractivity contribution in [2.75, 3.05) is 45.9 Å². The molecule has 2 aromatic heterocycles. The number of halogens is 1. The molecule has 0 aliphatic carbocycles. The van der Waals surface area contributed by atoms with Crippen LogP contribution < -0.4 is 0 Å². The molecule has 3 heterocycles. The first-order valence-corrected chi connectivity index (χ1v) is 13.1. The highest BCUT2D eigenvalue weighted by Crippen LogP contribution is 2.15. The lowest BCUT2D eigenvalue weighted by Gasteiger charge is -2.29. The summed E-state index contributed by atoms with van der Waals surface area (Å²) >= 11 is 1.54. The first-order chi connectivity index (χ1) is 17.6. The first-order valence-electron chi connectivity index (χ1n) is 12.2. The highest BCUT2D eigenvalue weighted by molar-refractivity contribution is 7.10. The maximum atomic E-state index is 13.5. The zero-order valence-electron chi connectivity index (χ0n) is 20.3. The molecule has 0 radical (unpaired) electrons. The highest BCUT2D eigenvalue weighted by atomic mass is 32.1. The van der Waals surface area contributed by atoms with Crippen LogP contribution in [0.1, 0.15) is 22.6 Å². The van der Waals surface area contributed by atoms with Gasteiger partial charge in [-0.1, -0.05) is 18.2 Å². The number of benzene rings is 1. The maximum Gasteiger partial charge on any atom is 0.242 e. The summed E-state index contributed by atoms with van der Waals surface area (Å²) in [6.45, 7) is 5.12. The molecule has 1 saturated heterocycles. The van der Waals surface area contributed by atoms with E-state index in [2.05, 4.69) is 4.90 Å². The molecule has 1 fully saturated rings. The smallest absolute Gasteiger partial charge is 0.242 e. The molecule has 0 saturated carbocycles. The summed E-state index contributed by atoms with van der Waals surface area (Å²) in [5, 5.41) is 1.95. The molecule has 0 atom stereocenters. The average molecular weight is 514 g/mol. The van der Waals surface area contributed by atoms with Crippen molar-refractivity contribution in [3.05, 3.63) is 82.2 Å². The van der Waals surface area contributed by atoms with Gasteiger partial charge in [0.1, 0.15) is 11.6 Å². The van der Waals surface area contributed by atoms with Crippen LogP contribution in [0.15, 0.2) is 64.6 Å². The lowest BCUT2D eigenvalue weighted by Crippen LogP contribution is -2.44. The van der Waals surface area contributed by atoms with Crippen molar-refractivity contribution >= 4 is 23.2 Å². The number of hydrogen-bond donors (Lipinski definition) is 0. The van der Waals surface area contributed by atoms with Gasteiger partial charge < -0.3 is 19.0 Å². The third-order valence-electron chi connectivity index (χ3n) is 6.16. The second-order valence-electron chi connectivity index (χ2n) is 8.83. The molecule has 0 unspecified atom stereocenters. The second kappa shape index (κ2) is 13.3. The Morgan fingerprint density at radius 1 is 0.972 bits per heavy atom. The Morgan fingerprint density at radius 3 is 2.47 bits per heavy atom. The van der Waals surface area contributed by atoms with Crippen molar-refractivity contribution in [2.24, 2.45) is 0 Å². The van der Waals surface area contributed by atoms with Gasteiger partial charge in [0.05, 0.1) is 39.0 Å².